The van der Waals surface area contributed by atoms with Crippen LogP contribution in [-0.4, -0.2) is 51.0 Å². The van der Waals surface area contributed by atoms with Crippen molar-refractivity contribution in [2.45, 2.75) is 84.6 Å². The van der Waals surface area contributed by atoms with E-state index in [1.165, 1.54) is 18.2 Å². The Balaban J connectivity index is 1.84. The topological polar surface area (TPSA) is 78.6 Å². The van der Waals surface area contributed by atoms with Crippen molar-refractivity contribution in [2.24, 2.45) is 0 Å². The summed E-state index contributed by atoms with van der Waals surface area (Å²) < 4.78 is 8.18. The van der Waals surface area contributed by atoms with Gasteiger partial charge in [-0.2, -0.15) is 5.26 Å². The third kappa shape index (κ3) is 4.56. The van der Waals surface area contributed by atoms with E-state index in [2.05, 4.69) is 11.0 Å². The second-order valence-electron chi connectivity index (χ2n) is 9.40. The number of carbonyl (C=O) groups excluding carboxylic acids is 1. The van der Waals surface area contributed by atoms with Crippen LogP contribution in [0.1, 0.15) is 69.6 Å². The van der Waals surface area contributed by atoms with Crippen molar-refractivity contribution >= 4 is 46.1 Å². The highest BCUT2D eigenvalue weighted by Gasteiger charge is 2.38. The van der Waals surface area contributed by atoms with Crippen molar-refractivity contribution in [1.29, 1.82) is 5.26 Å². The summed E-state index contributed by atoms with van der Waals surface area (Å²) in [6, 6.07) is 2.26. The molecule has 182 valence electrons. The van der Waals surface area contributed by atoms with Gasteiger partial charge in [0.25, 0.3) is 11.5 Å². The lowest BCUT2D eigenvalue weighted by atomic mass is 9.94. The molecule has 1 saturated carbocycles. The maximum Gasteiger partial charge on any atom is 0.270 e. The van der Waals surface area contributed by atoms with Gasteiger partial charge < -0.3 is 9.64 Å². The molecular weight excluding hydrogens is 468 g/mol. The molecule has 0 aromatic carbocycles. The second kappa shape index (κ2) is 10.2. The predicted molar refractivity (Wildman–Crippen MR) is 140 cm³/mol. The van der Waals surface area contributed by atoms with Crippen molar-refractivity contribution < 1.29 is 9.53 Å². The average molecular weight is 501 g/mol. The molecule has 1 aliphatic carbocycles. The summed E-state index contributed by atoms with van der Waals surface area (Å²) in [5.41, 5.74) is 1.16. The monoisotopic (exact) mass is 500 g/mol. The molecule has 2 saturated heterocycles. The number of aromatic nitrogens is 1. The molecule has 1 amide bonds. The number of nitriles is 1. The van der Waals surface area contributed by atoms with Gasteiger partial charge in [0.2, 0.25) is 0 Å². The molecule has 7 nitrogen and oxygen atoms in total. The quantitative estimate of drug-likeness (QED) is 0.453. The van der Waals surface area contributed by atoms with Crippen LogP contribution in [0.2, 0.25) is 0 Å². The van der Waals surface area contributed by atoms with E-state index in [9.17, 15) is 14.9 Å². The van der Waals surface area contributed by atoms with E-state index in [0.717, 1.165) is 37.1 Å². The number of rotatable bonds is 4. The van der Waals surface area contributed by atoms with Crippen molar-refractivity contribution in [3.8, 4) is 6.07 Å². The number of amides is 1. The molecule has 0 N–H and O–H groups in total. The first-order chi connectivity index (χ1) is 16.3. The van der Waals surface area contributed by atoms with Crippen molar-refractivity contribution in [3.63, 3.8) is 0 Å². The number of morpholine rings is 1. The van der Waals surface area contributed by atoms with Gasteiger partial charge in [0.05, 0.1) is 17.1 Å². The van der Waals surface area contributed by atoms with Crippen molar-refractivity contribution in [3.05, 3.63) is 31.9 Å². The number of carbonyl (C=O) groups is 1. The summed E-state index contributed by atoms with van der Waals surface area (Å²) in [4.78, 5) is 31.2. The molecular formula is C25H32N4O3S2. The standard InChI is InChI=1S/C25H32N4O3S2/c1-5-28-22(27-13-15(2)32-16(3)14-27)19(17(4)20(12-26)23(28)30)11-21-24(31)29(25(33)34-21)18-9-7-6-8-10-18/h11,15-16,18H,5-10,13-14H2,1-4H3/b21-11-. The average Bonchev–Trinajstić information content (AvgIpc) is 3.08. The Labute approximate surface area is 210 Å². The van der Waals surface area contributed by atoms with Gasteiger partial charge in [-0.05, 0) is 52.2 Å². The van der Waals surface area contributed by atoms with Crippen LogP contribution in [0, 0.1) is 18.3 Å². The molecule has 1 aromatic rings. The number of thiocarbonyl (C=S) groups is 1. The number of hydrogen-bond acceptors (Lipinski definition) is 7. The van der Waals surface area contributed by atoms with Crippen molar-refractivity contribution in [1.82, 2.24) is 9.47 Å². The second-order valence-corrected chi connectivity index (χ2v) is 11.1. The number of ether oxygens (including phenoxy) is 1. The highest BCUT2D eigenvalue weighted by Crippen LogP contribution is 2.39. The summed E-state index contributed by atoms with van der Waals surface area (Å²) in [5, 5.41) is 9.78. The largest absolute Gasteiger partial charge is 0.372 e. The predicted octanol–water partition coefficient (Wildman–Crippen LogP) is 4.20. The maximum atomic E-state index is 13.5. The van der Waals surface area contributed by atoms with Gasteiger partial charge in [0.1, 0.15) is 21.8 Å². The molecule has 3 aliphatic rings. The Morgan fingerprint density at radius 2 is 1.82 bits per heavy atom. The van der Waals surface area contributed by atoms with Crippen molar-refractivity contribution in [2.75, 3.05) is 18.0 Å². The molecule has 3 fully saturated rings. The molecule has 2 aliphatic heterocycles. The van der Waals surface area contributed by atoms with Crippen LogP contribution in [0.15, 0.2) is 9.70 Å². The van der Waals surface area contributed by atoms with Gasteiger partial charge in [0, 0.05) is 31.2 Å². The fourth-order valence-electron chi connectivity index (χ4n) is 5.39. The number of hydrogen-bond donors (Lipinski definition) is 0. The zero-order chi connectivity index (χ0) is 24.6. The van der Waals surface area contributed by atoms with Crippen LogP contribution in [0.4, 0.5) is 5.82 Å². The summed E-state index contributed by atoms with van der Waals surface area (Å²) in [6.07, 6.45) is 7.24. The molecule has 3 heterocycles. The van der Waals surface area contributed by atoms with Gasteiger partial charge in [-0.3, -0.25) is 19.1 Å². The zero-order valence-corrected chi connectivity index (χ0v) is 21.9. The number of thioether (sulfide) groups is 1. The first-order valence-electron chi connectivity index (χ1n) is 12.1. The number of anilines is 1. The lowest BCUT2D eigenvalue weighted by Gasteiger charge is -2.39. The van der Waals surface area contributed by atoms with Gasteiger partial charge in [-0.1, -0.05) is 43.2 Å². The lowest BCUT2D eigenvalue weighted by molar-refractivity contribution is -0.124. The normalized spacial score (nSPS) is 25.3. The molecule has 2 unspecified atom stereocenters. The highest BCUT2D eigenvalue weighted by atomic mass is 32.2. The summed E-state index contributed by atoms with van der Waals surface area (Å²) in [5.74, 6) is 0.678. The van der Waals surface area contributed by atoms with Gasteiger partial charge in [0.15, 0.2) is 0 Å². The molecule has 2 atom stereocenters. The minimum Gasteiger partial charge on any atom is -0.372 e. The molecule has 0 bridgehead atoms. The number of pyridine rings is 1. The van der Waals surface area contributed by atoms with E-state index in [4.69, 9.17) is 17.0 Å². The highest BCUT2D eigenvalue weighted by molar-refractivity contribution is 8.26. The summed E-state index contributed by atoms with van der Waals surface area (Å²) in [6.45, 7) is 9.40. The molecule has 0 spiro atoms. The third-order valence-electron chi connectivity index (χ3n) is 6.92. The number of nitrogens with zero attached hydrogens (tertiary/aromatic N) is 4. The Hall–Kier alpha value is -2.15. The Kier molecular flexibility index (Phi) is 7.51. The smallest absolute Gasteiger partial charge is 0.270 e. The fourth-order valence-corrected chi connectivity index (χ4v) is 6.78. The Morgan fingerprint density at radius 1 is 1.18 bits per heavy atom. The Morgan fingerprint density at radius 3 is 2.41 bits per heavy atom. The molecule has 0 radical (unpaired) electrons. The first kappa shape index (κ1) is 25.0. The van der Waals surface area contributed by atoms with Gasteiger partial charge in [-0.25, -0.2) is 0 Å². The SMILES string of the molecule is CCn1c(N2CC(C)OC(C)C2)c(/C=C2\SC(=S)N(C3CCCCC3)C2=O)c(C)c(C#N)c1=O. The van der Waals surface area contributed by atoms with Gasteiger partial charge in [-0.15, -0.1) is 0 Å². The maximum absolute atomic E-state index is 13.5. The van der Waals surface area contributed by atoms with E-state index in [-0.39, 0.29) is 35.3 Å². The lowest BCUT2D eigenvalue weighted by Crippen LogP contribution is -2.48. The fraction of sp³-hybridized carbons (Fsp3) is 0.600. The summed E-state index contributed by atoms with van der Waals surface area (Å²) >= 11 is 6.95. The van der Waals surface area contributed by atoms with Crippen LogP contribution in [0.25, 0.3) is 6.08 Å². The van der Waals surface area contributed by atoms with E-state index < -0.39 is 0 Å². The van der Waals surface area contributed by atoms with Crippen LogP contribution < -0.4 is 10.5 Å². The van der Waals surface area contributed by atoms with Crippen LogP contribution in [0.3, 0.4) is 0 Å². The van der Waals surface area contributed by atoms with E-state index in [0.29, 0.717) is 34.4 Å². The minimum atomic E-state index is -0.295. The molecule has 34 heavy (non-hydrogen) atoms. The van der Waals surface area contributed by atoms with Crippen LogP contribution in [0.5, 0.6) is 0 Å². The van der Waals surface area contributed by atoms with Crippen LogP contribution >= 0.6 is 24.0 Å². The van der Waals surface area contributed by atoms with Gasteiger partial charge >= 0.3 is 0 Å². The molecule has 1 aromatic heterocycles. The zero-order valence-electron chi connectivity index (χ0n) is 20.3. The first-order valence-corrected chi connectivity index (χ1v) is 13.3. The molecule has 9 heteroatoms. The summed E-state index contributed by atoms with van der Waals surface area (Å²) in [7, 11) is 0. The van der Waals surface area contributed by atoms with Crippen LogP contribution in [-0.2, 0) is 16.1 Å². The van der Waals surface area contributed by atoms with E-state index in [1.807, 2.05) is 26.8 Å². The minimum absolute atomic E-state index is 0.00234. The Bertz CT molecular complexity index is 1120. The molecule has 4 rings (SSSR count). The van der Waals surface area contributed by atoms with E-state index >= 15 is 0 Å². The third-order valence-corrected chi connectivity index (χ3v) is 8.25. The van der Waals surface area contributed by atoms with E-state index in [1.54, 1.807) is 16.4 Å².